The predicted molar refractivity (Wildman–Crippen MR) is 117 cm³/mol. The summed E-state index contributed by atoms with van der Waals surface area (Å²) >= 11 is 13.3. The van der Waals surface area contributed by atoms with Crippen LogP contribution in [0.25, 0.3) is 11.1 Å². The number of rotatable bonds is 7. The summed E-state index contributed by atoms with van der Waals surface area (Å²) in [5, 5.41) is 12.3. The molecule has 0 saturated heterocycles. The number of methoxy groups -OCH3 is 1. The number of hydrogen-bond acceptors (Lipinski definition) is 6. The van der Waals surface area contributed by atoms with Crippen LogP contribution in [-0.4, -0.2) is 29.8 Å². The van der Waals surface area contributed by atoms with Crippen molar-refractivity contribution in [2.75, 3.05) is 19.0 Å². The van der Waals surface area contributed by atoms with Crippen molar-refractivity contribution in [3.8, 4) is 11.5 Å². The molecule has 1 amide bonds. The van der Waals surface area contributed by atoms with E-state index < -0.39 is 0 Å². The fraction of sp³-hybridized carbons (Fsp3) is 0.150. The normalized spacial score (nSPS) is 11.2. The van der Waals surface area contributed by atoms with Gasteiger partial charge in [-0.1, -0.05) is 40.6 Å². The minimum Gasteiger partial charge on any atom is -0.493 e. The number of benzene rings is 2. The molecule has 1 N–H and O–H groups in total. The molecule has 3 aromatic rings. The first-order valence-electron chi connectivity index (χ1n) is 8.59. The van der Waals surface area contributed by atoms with E-state index in [2.05, 4.69) is 15.5 Å². The van der Waals surface area contributed by atoms with Crippen LogP contribution in [0.1, 0.15) is 27.3 Å². The van der Waals surface area contributed by atoms with Gasteiger partial charge in [0.2, 0.25) is 5.01 Å². The number of carbonyl (C=O) groups is 1. The summed E-state index contributed by atoms with van der Waals surface area (Å²) in [6, 6.07) is 12.2. The molecule has 1 aromatic heterocycles. The van der Waals surface area contributed by atoms with Gasteiger partial charge in [0.15, 0.2) is 16.5 Å². The van der Waals surface area contributed by atoms with Crippen molar-refractivity contribution in [2.24, 2.45) is 0 Å². The predicted octanol–water partition coefficient (Wildman–Crippen LogP) is 5.59. The average molecular weight is 450 g/mol. The van der Waals surface area contributed by atoms with Gasteiger partial charge in [-0.05, 0) is 55.0 Å². The Morgan fingerprint density at radius 3 is 2.55 bits per heavy atom. The highest BCUT2D eigenvalue weighted by atomic mass is 35.5. The molecule has 0 bridgehead atoms. The molecule has 0 unspecified atom stereocenters. The van der Waals surface area contributed by atoms with Crippen LogP contribution in [0.5, 0.6) is 11.5 Å². The maximum atomic E-state index is 12.4. The number of halogens is 2. The zero-order valence-electron chi connectivity index (χ0n) is 15.6. The summed E-state index contributed by atoms with van der Waals surface area (Å²) in [5.74, 6) is 0.884. The maximum absolute atomic E-state index is 12.4. The number of anilines is 1. The molecule has 0 radical (unpaired) electrons. The van der Waals surface area contributed by atoms with Crippen molar-refractivity contribution >= 4 is 57.2 Å². The van der Waals surface area contributed by atoms with Crippen molar-refractivity contribution in [2.45, 2.75) is 6.92 Å². The van der Waals surface area contributed by atoms with Crippen LogP contribution >= 0.6 is 34.5 Å². The largest absolute Gasteiger partial charge is 0.493 e. The van der Waals surface area contributed by atoms with Crippen LogP contribution in [0.3, 0.4) is 0 Å². The minimum atomic E-state index is -0.372. The highest BCUT2D eigenvalue weighted by Gasteiger charge is 2.15. The molecule has 1 heterocycles. The second-order valence-electron chi connectivity index (χ2n) is 5.71. The minimum absolute atomic E-state index is 0.200. The van der Waals surface area contributed by atoms with Crippen molar-refractivity contribution < 1.29 is 14.3 Å². The molecule has 0 saturated carbocycles. The number of nitrogens with one attached hydrogen (secondary N) is 1. The van der Waals surface area contributed by atoms with Crippen LogP contribution < -0.4 is 14.8 Å². The summed E-state index contributed by atoms with van der Waals surface area (Å²) in [6.07, 6.45) is 1.73. The Morgan fingerprint density at radius 2 is 1.86 bits per heavy atom. The highest BCUT2D eigenvalue weighted by Crippen LogP contribution is 2.31. The Labute approximate surface area is 182 Å². The monoisotopic (exact) mass is 449 g/mol. The highest BCUT2D eigenvalue weighted by molar-refractivity contribution is 7.15. The van der Waals surface area contributed by atoms with Crippen molar-refractivity contribution in [1.82, 2.24) is 10.2 Å². The molecule has 3 rings (SSSR count). The van der Waals surface area contributed by atoms with Gasteiger partial charge in [0.1, 0.15) is 0 Å². The molecule has 9 heteroatoms. The fourth-order valence-electron chi connectivity index (χ4n) is 2.39. The van der Waals surface area contributed by atoms with E-state index in [0.29, 0.717) is 38.9 Å². The molecule has 6 nitrogen and oxygen atoms in total. The summed E-state index contributed by atoms with van der Waals surface area (Å²) in [6.45, 7) is 2.41. The molecule has 0 atom stereocenters. The van der Waals surface area contributed by atoms with Gasteiger partial charge in [0.25, 0.3) is 5.91 Å². The van der Waals surface area contributed by atoms with Crippen molar-refractivity contribution in [1.29, 1.82) is 0 Å². The van der Waals surface area contributed by atoms with E-state index in [1.807, 2.05) is 19.1 Å². The molecule has 29 heavy (non-hydrogen) atoms. The van der Waals surface area contributed by atoms with Gasteiger partial charge in [0.05, 0.1) is 18.7 Å². The van der Waals surface area contributed by atoms with E-state index in [-0.39, 0.29) is 10.9 Å². The molecule has 0 aliphatic carbocycles. The van der Waals surface area contributed by atoms with E-state index in [0.717, 1.165) is 16.9 Å². The summed E-state index contributed by atoms with van der Waals surface area (Å²) in [5.41, 5.74) is 1.42. The number of hydrogen-bond donors (Lipinski definition) is 1. The molecular formula is C20H17Cl2N3O3S. The quantitative estimate of drug-likeness (QED) is 0.508. The summed E-state index contributed by atoms with van der Waals surface area (Å²) in [4.78, 5) is 12.4. The zero-order chi connectivity index (χ0) is 20.8. The lowest BCUT2D eigenvalue weighted by molar-refractivity contribution is 0.102. The molecule has 0 aliphatic rings. The van der Waals surface area contributed by atoms with Gasteiger partial charge in [-0.3, -0.25) is 4.79 Å². The Kier molecular flexibility index (Phi) is 7.09. The number of nitrogens with zero attached hydrogens (tertiary/aromatic N) is 2. The Bertz CT molecular complexity index is 1040. The van der Waals surface area contributed by atoms with E-state index in [1.54, 1.807) is 43.5 Å². The Morgan fingerprint density at radius 1 is 1.14 bits per heavy atom. The van der Waals surface area contributed by atoms with Gasteiger partial charge in [-0.25, -0.2) is 0 Å². The summed E-state index contributed by atoms with van der Waals surface area (Å²) < 4.78 is 10.8. The third kappa shape index (κ3) is 5.47. The van der Waals surface area contributed by atoms with Gasteiger partial charge in [-0.2, -0.15) is 0 Å². The third-order valence-corrected chi connectivity index (χ3v) is 5.31. The summed E-state index contributed by atoms with van der Waals surface area (Å²) in [7, 11) is 1.58. The second kappa shape index (κ2) is 9.73. The first-order chi connectivity index (χ1) is 14.0. The van der Waals surface area contributed by atoms with Gasteiger partial charge >= 0.3 is 0 Å². The Balaban J connectivity index is 1.76. The molecular weight excluding hydrogens is 433 g/mol. The Hall–Kier alpha value is -2.61. The number of amides is 1. The molecule has 0 aliphatic heterocycles. The average Bonchev–Trinajstić information content (AvgIpc) is 3.21. The second-order valence-corrected chi connectivity index (χ2v) is 7.53. The fourth-order valence-corrected chi connectivity index (χ4v) is 3.44. The third-order valence-electron chi connectivity index (χ3n) is 3.71. The van der Waals surface area contributed by atoms with Crippen molar-refractivity contribution in [3.63, 3.8) is 0 Å². The standard InChI is InChI=1S/C20H17Cl2N3O3S/c1-3-28-17-11-12(4-9-16(17)27-2)10-15(22)19-24-25-20(29-19)18(26)23-14-7-5-13(21)6-8-14/h4-11H,3H2,1-2H3,(H,23,26)/b15-10-. The zero-order valence-corrected chi connectivity index (χ0v) is 17.9. The van der Waals surface area contributed by atoms with Gasteiger partial charge in [0, 0.05) is 10.7 Å². The topological polar surface area (TPSA) is 73.3 Å². The van der Waals surface area contributed by atoms with E-state index in [4.69, 9.17) is 32.7 Å². The molecule has 150 valence electrons. The van der Waals surface area contributed by atoms with E-state index in [1.165, 1.54) is 0 Å². The molecule has 2 aromatic carbocycles. The van der Waals surface area contributed by atoms with E-state index in [9.17, 15) is 4.79 Å². The van der Waals surface area contributed by atoms with Crippen LogP contribution in [-0.2, 0) is 0 Å². The van der Waals surface area contributed by atoms with Gasteiger partial charge < -0.3 is 14.8 Å². The lowest BCUT2D eigenvalue weighted by atomic mass is 10.2. The van der Waals surface area contributed by atoms with Gasteiger partial charge in [-0.15, -0.1) is 10.2 Å². The van der Waals surface area contributed by atoms with Crippen LogP contribution in [0.2, 0.25) is 5.02 Å². The van der Waals surface area contributed by atoms with Crippen LogP contribution in [0.4, 0.5) is 5.69 Å². The maximum Gasteiger partial charge on any atom is 0.286 e. The molecule has 0 spiro atoms. The lowest BCUT2D eigenvalue weighted by Gasteiger charge is -2.09. The smallest absolute Gasteiger partial charge is 0.286 e. The van der Waals surface area contributed by atoms with E-state index >= 15 is 0 Å². The SMILES string of the molecule is CCOc1cc(/C=C(\Cl)c2nnc(C(=O)Nc3ccc(Cl)cc3)s2)ccc1OC. The number of carbonyl (C=O) groups excluding carboxylic acids is 1. The lowest BCUT2D eigenvalue weighted by Crippen LogP contribution is -2.11. The first-order valence-corrected chi connectivity index (χ1v) is 10.2. The number of ether oxygens (including phenoxy) is 2. The van der Waals surface area contributed by atoms with Crippen LogP contribution in [0.15, 0.2) is 42.5 Å². The van der Waals surface area contributed by atoms with Crippen LogP contribution in [0, 0.1) is 0 Å². The number of aromatic nitrogens is 2. The van der Waals surface area contributed by atoms with Crippen molar-refractivity contribution in [3.05, 3.63) is 63.1 Å². The molecule has 0 fully saturated rings. The first kappa shape index (κ1) is 21.1.